The third-order valence-corrected chi connectivity index (χ3v) is 4.31. The van der Waals surface area contributed by atoms with Crippen molar-refractivity contribution in [2.75, 3.05) is 13.1 Å². The first-order valence-corrected chi connectivity index (χ1v) is 8.14. The summed E-state index contributed by atoms with van der Waals surface area (Å²) in [6, 6.07) is 0. The zero-order valence-corrected chi connectivity index (χ0v) is 14.5. The van der Waals surface area contributed by atoms with Gasteiger partial charge in [0, 0.05) is 17.8 Å². The highest BCUT2D eigenvalue weighted by Gasteiger charge is 2.38. The quantitative estimate of drug-likeness (QED) is 0.584. The Balaban J connectivity index is 2.47. The van der Waals surface area contributed by atoms with Crippen molar-refractivity contribution in [3.05, 3.63) is 0 Å². The topological polar surface area (TPSA) is 40.5 Å². The van der Waals surface area contributed by atoms with Crippen molar-refractivity contribution in [3.63, 3.8) is 0 Å². The zero-order chi connectivity index (χ0) is 15.6. The number of aliphatic hydroxyl groups is 1. The molecule has 1 fully saturated rings. The Bertz CT molecular complexity index is 324. The number of nitrogens with zero attached hydrogens (tertiary/aromatic N) is 1. The molecule has 0 aromatic carbocycles. The van der Waals surface area contributed by atoms with Crippen LogP contribution in [0.2, 0.25) is 0 Å². The summed E-state index contributed by atoms with van der Waals surface area (Å²) in [7, 11) is 0. The first-order valence-electron chi connectivity index (χ1n) is 7.70. The molecule has 1 aliphatic rings. The van der Waals surface area contributed by atoms with E-state index in [1.165, 1.54) is 6.42 Å². The summed E-state index contributed by atoms with van der Waals surface area (Å²) in [5.74, 6) is 0.101. The zero-order valence-electron chi connectivity index (χ0n) is 13.6. The SMILES string of the molecule is CC(C)(C)CCCCC(C(=O)N1CC(O)C1)C(C)(C)S. The predicted octanol–water partition coefficient (Wildman–Crippen LogP) is 3.12. The van der Waals surface area contributed by atoms with Gasteiger partial charge in [0.2, 0.25) is 5.91 Å². The monoisotopic (exact) mass is 301 g/mol. The smallest absolute Gasteiger partial charge is 0.227 e. The highest BCUT2D eigenvalue weighted by molar-refractivity contribution is 7.81. The van der Waals surface area contributed by atoms with Crippen LogP contribution in [0.5, 0.6) is 0 Å². The minimum atomic E-state index is -0.330. The van der Waals surface area contributed by atoms with Gasteiger partial charge in [0.1, 0.15) is 0 Å². The van der Waals surface area contributed by atoms with Gasteiger partial charge in [-0.05, 0) is 18.3 Å². The summed E-state index contributed by atoms with van der Waals surface area (Å²) in [5, 5.41) is 9.34. The number of thiol groups is 1. The second kappa shape index (κ2) is 6.69. The number of hydrogen-bond acceptors (Lipinski definition) is 3. The molecule has 1 saturated heterocycles. The largest absolute Gasteiger partial charge is 0.389 e. The molecule has 0 aliphatic carbocycles. The van der Waals surface area contributed by atoms with Gasteiger partial charge >= 0.3 is 0 Å². The molecule has 1 rings (SSSR count). The highest BCUT2D eigenvalue weighted by atomic mass is 32.1. The molecular formula is C16H31NO2S. The van der Waals surface area contributed by atoms with Crippen LogP contribution in [0.25, 0.3) is 0 Å². The lowest BCUT2D eigenvalue weighted by atomic mass is 9.84. The molecule has 1 unspecified atom stereocenters. The van der Waals surface area contributed by atoms with Crippen LogP contribution in [-0.4, -0.2) is 39.9 Å². The Kier molecular flexibility index (Phi) is 5.97. The minimum Gasteiger partial charge on any atom is -0.389 e. The fraction of sp³-hybridized carbons (Fsp3) is 0.938. The first kappa shape index (κ1) is 17.8. The third kappa shape index (κ3) is 5.65. The molecule has 1 amide bonds. The van der Waals surface area contributed by atoms with E-state index in [0.717, 1.165) is 19.3 Å². The number of amides is 1. The Morgan fingerprint density at radius 2 is 1.80 bits per heavy atom. The van der Waals surface area contributed by atoms with Crippen LogP contribution in [0.3, 0.4) is 0 Å². The van der Waals surface area contributed by atoms with Crippen molar-refractivity contribution in [3.8, 4) is 0 Å². The predicted molar refractivity (Wildman–Crippen MR) is 87.1 cm³/mol. The van der Waals surface area contributed by atoms with Crippen LogP contribution in [-0.2, 0) is 4.79 Å². The van der Waals surface area contributed by atoms with Crippen LogP contribution < -0.4 is 0 Å². The van der Waals surface area contributed by atoms with E-state index < -0.39 is 0 Å². The van der Waals surface area contributed by atoms with E-state index in [0.29, 0.717) is 18.5 Å². The van der Waals surface area contributed by atoms with Crippen molar-refractivity contribution >= 4 is 18.5 Å². The van der Waals surface area contributed by atoms with Gasteiger partial charge < -0.3 is 10.0 Å². The van der Waals surface area contributed by atoms with Crippen molar-refractivity contribution < 1.29 is 9.90 Å². The van der Waals surface area contributed by atoms with Gasteiger partial charge in [0.25, 0.3) is 0 Å². The summed E-state index contributed by atoms with van der Waals surface area (Å²) in [6.07, 6.45) is 3.96. The maximum atomic E-state index is 12.5. The first-order chi connectivity index (χ1) is 9.00. The van der Waals surface area contributed by atoms with Crippen LogP contribution >= 0.6 is 12.6 Å². The number of rotatable bonds is 6. The number of β-amino-alcohol motifs (C(OH)–C–C–N with tert-alkyl or cyclic N) is 1. The molecule has 4 heteroatoms. The Hall–Kier alpha value is -0.220. The standard InChI is InChI=1S/C16H31NO2S/c1-15(2,3)9-7-6-8-13(16(4,5)20)14(19)17-10-12(18)11-17/h12-13,18,20H,6-11H2,1-5H3. The summed E-state index contributed by atoms with van der Waals surface area (Å²) in [5.41, 5.74) is 0.359. The van der Waals surface area contributed by atoms with Crippen molar-refractivity contribution in [2.24, 2.45) is 11.3 Å². The molecular weight excluding hydrogens is 270 g/mol. The summed E-state index contributed by atoms with van der Waals surface area (Å²) in [4.78, 5) is 14.2. The van der Waals surface area contributed by atoms with Crippen molar-refractivity contribution in [1.82, 2.24) is 4.90 Å². The molecule has 1 atom stereocenters. The lowest BCUT2D eigenvalue weighted by molar-refractivity contribution is -0.146. The van der Waals surface area contributed by atoms with E-state index >= 15 is 0 Å². The number of hydrogen-bond donors (Lipinski definition) is 2. The van der Waals surface area contributed by atoms with E-state index in [9.17, 15) is 9.90 Å². The van der Waals surface area contributed by atoms with E-state index in [1.807, 2.05) is 13.8 Å². The Morgan fingerprint density at radius 3 is 2.20 bits per heavy atom. The normalized spacial score (nSPS) is 18.9. The molecule has 118 valence electrons. The van der Waals surface area contributed by atoms with Gasteiger partial charge in [-0.15, -0.1) is 0 Å². The number of unbranched alkanes of at least 4 members (excludes halogenated alkanes) is 1. The average molecular weight is 301 g/mol. The maximum Gasteiger partial charge on any atom is 0.227 e. The van der Waals surface area contributed by atoms with Gasteiger partial charge in [-0.25, -0.2) is 0 Å². The molecule has 0 saturated carbocycles. The second-order valence-electron chi connectivity index (χ2n) is 7.91. The van der Waals surface area contributed by atoms with Crippen molar-refractivity contribution in [2.45, 2.75) is 71.2 Å². The van der Waals surface area contributed by atoms with Crippen LogP contribution in [0.1, 0.15) is 60.3 Å². The van der Waals surface area contributed by atoms with E-state index in [1.54, 1.807) is 4.90 Å². The molecule has 0 aromatic heterocycles. The van der Waals surface area contributed by atoms with E-state index in [4.69, 9.17) is 0 Å². The van der Waals surface area contributed by atoms with Gasteiger partial charge in [-0.2, -0.15) is 12.6 Å². The van der Waals surface area contributed by atoms with Crippen LogP contribution in [0.15, 0.2) is 0 Å². The lowest BCUT2D eigenvalue weighted by Crippen LogP contribution is -2.57. The van der Waals surface area contributed by atoms with Gasteiger partial charge in [-0.1, -0.05) is 47.5 Å². The number of aliphatic hydroxyl groups excluding tert-OH is 1. The molecule has 0 spiro atoms. The van der Waals surface area contributed by atoms with E-state index in [-0.39, 0.29) is 22.7 Å². The summed E-state index contributed by atoms with van der Waals surface area (Å²) < 4.78 is -0.306. The van der Waals surface area contributed by atoms with Gasteiger partial charge in [-0.3, -0.25) is 4.79 Å². The molecule has 1 N–H and O–H groups in total. The molecule has 1 heterocycles. The number of carbonyl (C=O) groups excluding carboxylic acids is 1. The molecule has 0 bridgehead atoms. The molecule has 1 aliphatic heterocycles. The molecule has 20 heavy (non-hydrogen) atoms. The van der Waals surface area contributed by atoms with Crippen LogP contribution in [0.4, 0.5) is 0 Å². The number of carbonyl (C=O) groups is 1. The van der Waals surface area contributed by atoms with Gasteiger partial charge in [0.05, 0.1) is 12.0 Å². The molecule has 0 aromatic rings. The average Bonchev–Trinajstić information content (AvgIpc) is 2.20. The second-order valence-corrected chi connectivity index (χ2v) is 9.06. The summed E-state index contributed by atoms with van der Waals surface area (Å²) >= 11 is 4.62. The maximum absolute atomic E-state index is 12.5. The Labute approximate surface area is 129 Å². The summed E-state index contributed by atoms with van der Waals surface area (Å²) in [6.45, 7) is 11.7. The van der Waals surface area contributed by atoms with Crippen molar-refractivity contribution in [1.29, 1.82) is 0 Å². The fourth-order valence-electron chi connectivity index (χ4n) is 2.64. The lowest BCUT2D eigenvalue weighted by Gasteiger charge is -2.41. The van der Waals surface area contributed by atoms with Gasteiger partial charge in [0.15, 0.2) is 0 Å². The minimum absolute atomic E-state index is 0.0571. The third-order valence-electron chi connectivity index (χ3n) is 3.99. The molecule has 0 radical (unpaired) electrons. The number of likely N-dealkylation sites (tertiary alicyclic amines) is 1. The van der Waals surface area contributed by atoms with Crippen LogP contribution in [0, 0.1) is 11.3 Å². The Morgan fingerprint density at radius 1 is 1.25 bits per heavy atom. The fourth-order valence-corrected chi connectivity index (χ4v) is 2.88. The van der Waals surface area contributed by atoms with E-state index in [2.05, 4.69) is 33.4 Å². The highest BCUT2D eigenvalue weighted by Crippen LogP contribution is 2.32. The molecule has 3 nitrogen and oxygen atoms in total.